The van der Waals surface area contributed by atoms with Crippen molar-refractivity contribution in [2.45, 2.75) is 37.6 Å². The zero-order valence-electron chi connectivity index (χ0n) is 17.9. The molecule has 1 aromatic carbocycles. The molecular formula is C23H27N5O2S. The summed E-state index contributed by atoms with van der Waals surface area (Å²) in [7, 11) is 0. The van der Waals surface area contributed by atoms with E-state index in [4.69, 9.17) is 4.52 Å². The SMILES string of the molecule is CCc1nc(-c2cccnc2N2CCCC(C(=O)NCc3ccc(SC)cc3)C2)no1. The number of carbonyl (C=O) groups excluding carboxylic acids is 1. The average molecular weight is 438 g/mol. The van der Waals surface area contributed by atoms with E-state index in [0.29, 0.717) is 31.2 Å². The van der Waals surface area contributed by atoms with Crippen molar-refractivity contribution in [3.05, 3.63) is 54.0 Å². The van der Waals surface area contributed by atoms with E-state index in [1.54, 1.807) is 18.0 Å². The minimum absolute atomic E-state index is 0.0782. The largest absolute Gasteiger partial charge is 0.355 e. The summed E-state index contributed by atoms with van der Waals surface area (Å²) >= 11 is 1.71. The number of thioether (sulfide) groups is 1. The summed E-state index contributed by atoms with van der Waals surface area (Å²) in [6, 6.07) is 12.1. The van der Waals surface area contributed by atoms with Crippen LogP contribution in [0.15, 0.2) is 52.0 Å². The van der Waals surface area contributed by atoms with Crippen LogP contribution in [0.4, 0.5) is 5.82 Å². The van der Waals surface area contributed by atoms with Gasteiger partial charge in [-0.2, -0.15) is 4.98 Å². The predicted octanol–water partition coefficient (Wildman–Crippen LogP) is 3.95. The number of benzene rings is 1. The Bertz CT molecular complexity index is 1020. The Morgan fingerprint density at radius 1 is 1.29 bits per heavy atom. The molecule has 1 aliphatic rings. The van der Waals surface area contributed by atoms with Gasteiger partial charge in [0, 0.05) is 37.1 Å². The number of pyridine rings is 1. The van der Waals surface area contributed by atoms with Crippen LogP contribution in [0.3, 0.4) is 0 Å². The fourth-order valence-corrected chi connectivity index (χ4v) is 4.20. The third-order valence-electron chi connectivity index (χ3n) is 5.52. The number of anilines is 1. The molecule has 1 aliphatic heterocycles. The summed E-state index contributed by atoms with van der Waals surface area (Å²) in [6.45, 7) is 4.00. The molecule has 0 bridgehead atoms. The zero-order chi connectivity index (χ0) is 21.6. The fraction of sp³-hybridized carbons (Fsp3) is 0.391. The molecule has 1 amide bonds. The van der Waals surface area contributed by atoms with E-state index < -0.39 is 0 Å². The standard InChI is InChI=1S/C23H27N5O2S/c1-3-20-26-21(27-30-20)19-7-4-12-24-22(19)28-13-5-6-17(15-28)23(29)25-14-16-8-10-18(31-2)11-9-16/h4,7-12,17H,3,5-6,13-15H2,1-2H3,(H,25,29). The molecule has 1 atom stereocenters. The highest BCUT2D eigenvalue weighted by molar-refractivity contribution is 7.98. The van der Waals surface area contributed by atoms with Crippen LogP contribution < -0.4 is 10.2 Å². The van der Waals surface area contributed by atoms with Crippen LogP contribution >= 0.6 is 11.8 Å². The molecule has 3 heterocycles. The van der Waals surface area contributed by atoms with Crippen molar-refractivity contribution in [1.29, 1.82) is 0 Å². The third-order valence-corrected chi connectivity index (χ3v) is 6.26. The molecule has 1 fully saturated rings. The van der Waals surface area contributed by atoms with Gasteiger partial charge in [-0.1, -0.05) is 24.2 Å². The number of aryl methyl sites for hydroxylation is 1. The maximum absolute atomic E-state index is 12.9. The van der Waals surface area contributed by atoms with E-state index >= 15 is 0 Å². The lowest BCUT2D eigenvalue weighted by molar-refractivity contribution is -0.125. The van der Waals surface area contributed by atoms with Gasteiger partial charge in [0.25, 0.3) is 0 Å². The highest BCUT2D eigenvalue weighted by atomic mass is 32.2. The predicted molar refractivity (Wildman–Crippen MR) is 122 cm³/mol. The van der Waals surface area contributed by atoms with E-state index in [2.05, 4.69) is 55.9 Å². The molecule has 7 nitrogen and oxygen atoms in total. The maximum Gasteiger partial charge on any atom is 0.226 e. The van der Waals surface area contributed by atoms with Gasteiger partial charge >= 0.3 is 0 Å². The molecule has 0 radical (unpaired) electrons. The first kappa shape index (κ1) is 21.4. The normalized spacial score (nSPS) is 16.3. The summed E-state index contributed by atoms with van der Waals surface area (Å²) in [5.41, 5.74) is 1.94. The van der Waals surface area contributed by atoms with Gasteiger partial charge in [-0.3, -0.25) is 4.79 Å². The highest BCUT2D eigenvalue weighted by Crippen LogP contribution is 2.30. The summed E-state index contributed by atoms with van der Waals surface area (Å²) in [5, 5.41) is 7.21. The average Bonchev–Trinajstić information content (AvgIpc) is 3.32. The van der Waals surface area contributed by atoms with E-state index in [9.17, 15) is 4.79 Å². The molecule has 4 rings (SSSR count). The second-order valence-electron chi connectivity index (χ2n) is 7.59. The zero-order valence-corrected chi connectivity index (χ0v) is 18.7. The first-order valence-electron chi connectivity index (χ1n) is 10.6. The smallest absolute Gasteiger partial charge is 0.226 e. The number of nitrogens with one attached hydrogen (secondary N) is 1. The lowest BCUT2D eigenvalue weighted by Crippen LogP contribution is -2.43. The second-order valence-corrected chi connectivity index (χ2v) is 8.47. The summed E-state index contributed by atoms with van der Waals surface area (Å²) in [6.07, 6.45) is 6.32. The highest BCUT2D eigenvalue weighted by Gasteiger charge is 2.28. The quantitative estimate of drug-likeness (QED) is 0.560. The van der Waals surface area contributed by atoms with Crippen molar-refractivity contribution >= 4 is 23.5 Å². The van der Waals surface area contributed by atoms with E-state index in [1.165, 1.54) is 4.90 Å². The molecular weight excluding hydrogens is 410 g/mol. The Balaban J connectivity index is 1.43. The molecule has 1 N–H and O–H groups in total. The molecule has 1 saturated heterocycles. The molecule has 1 unspecified atom stereocenters. The molecule has 3 aromatic rings. The third kappa shape index (κ3) is 5.07. The molecule has 2 aromatic heterocycles. The van der Waals surface area contributed by atoms with Crippen molar-refractivity contribution in [3.8, 4) is 11.4 Å². The van der Waals surface area contributed by atoms with Gasteiger partial charge < -0.3 is 14.7 Å². The Kier molecular flexibility index (Phi) is 6.86. The lowest BCUT2D eigenvalue weighted by atomic mass is 9.96. The maximum atomic E-state index is 12.9. The Labute approximate surface area is 186 Å². The van der Waals surface area contributed by atoms with Crippen LogP contribution in [0.2, 0.25) is 0 Å². The lowest BCUT2D eigenvalue weighted by Gasteiger charge is -2.33. The van der Waals surface area contributed by atoms with E-state index in [0.717, 1.165) is 36.3 Å². The van der Waals surface area contributed by atoms with Crippen molar-refractivity contribution in [1.82, 2.24) is 20.4 Å². The topological polar surface area (TPSA) is 84.2 Å². The number of hydrogen-bond acceptors (Lipinski definition) is 7. The Morgan fingerprint density at radius 2 is 2.13 bits per heavy atom. The Hall–Kier alpha value is -2.87. The molecule has 31 heavy (non-hydrogen) atoms. The first-order valence-corrected chi connectivity index (χ1v) is 11.8. The van der Waals surface area contributed by atoms with Gasteiger partial charge in [0.05, 0.1) is 11.5 Å². The molecule has 0 spiro atoms. The van der Waals surface area contributed by atoms with Gasteiger partial charge in [0.15, 0.2) is 0 Å². The minimum Gasteiger partial charge on any atom is -0.355 e. The summed E-state index contributed by atoms with van der Waals surface area (Å²) < 4.78 is 5.29. The monoisotopic (exact) mass is 437 g/mol. The summed E-state index contributed by atoms with van der Waals surface area (Å²) in [4.78, 5) is 25.3. The van der Waals surface area contributed by atoms with Gasteiger partial charge in [0.1, 0.15) is 5.82 Å². The number of carbonyl (C=O) groups is 1. The van der Waals surface area contributed by atoms with Crippen molar-refractivity contribution in [2.24, 2.45) is 5.92 Å². The van der Waals surface area contributed by atoms with Crippen LogP contribution in [0, 0.1) is 5.92 Å². The minimum atomic E-state index is -0.0782. The molecule has 0 saturated carbocycles. The second kappa shape index (κ2) is 9.96. The van der Waals surface area contributed by atoms with Crippen LogP contribution in [-0.4, -0.2) is 40.4 Å². The number of rotatable bonds is 7. The number of hydrogen-bond donors (Lipinski definition) is 1. The molecule has 0 aliphatic carbocycles. The van der Waals surface area contributed by atoms with Gasteiger partial charge in [-0.25, -0.2) is 4.98 Å². The van der Waals surface area contributed by atoms with Gasteiger partial charge in [-0.15, -0.1) is 11.8 Å². The fourth-order valence-electron chi connectivity index (χ4n) is 3.79. The van der Waals surface area contributed by atoms with E-state index in [1.807, 2.05) is 19.1 Å². The number of amides is 1. The van der Waals surface area contributed by atoms with Crippen LogP contribution in [0.25, 0.3) is 11.4 Å². The van der Waals surface area contributed by atoms with Crippen molar-refractivity contribution < 1.29 is 9.32 Å². The summed E-state index contributed by atoms with van der Waals surface area (Å²) in [5.74, 6) is 1.96. The number of nitrogens with zero attached hydrogens (tertiary/aromatic N) is 4. The van der Waals surface area contributed by atoms with Gasteiger partial charge in [0.2, 0.25) is 17.6 Å². The first-order chi connectivity index (χ1) is 15.2. The molecule has 162 valence electrons. The number of aromatic nitrogens is 3. The van der Waals surface area contributed by atoms with E-state index in [-0.39, 0.29) is 11.8 Å². The molecule has 8 heteroatoms. The van der Waals surface area contributed by atoms with Crippen molar-refractivity contribution in [2.75, 3.05) is 24.2 Å². The van der Waals surface area contributed by atoms with Crippen molar-refractivity contribution in [3.63, 3.8) is 0 Å². The van der Waals surface area contributed by atoms with Crippen LogP contribution in [-0.2, 0) is 17.8 Å². The van der Waals surface area contributed by atoms with Gasteiger partial charge in [-0.05, 0) is 48.9 Å². The van der Waals surface area contributed by atoms with Crippen LogP contribution in [0.5, 0.6) is 0 Å². The van der Waals surface area contributed by atoms with Crippen LogP contribution in [0.1, 0.15) is 31.2 Å². The Morgan fingerprint density at radius 3 is 2.87 bits per heavy atom. The number of piperidine rings is 1.